The third kappa shape index (κ3) is 4.63. The van der Waals surface area contributed by atoms with Crippen LogP contribution in [-0.2, 0) is 11.3 Å². The summed E-state index contributed by atoms with van der Waals surface area (Å²) in [6.07, 6.45) is 0. The van der Waals surface area contributed by atoms with Crippen LogP contribution in [0.15, 0.2) is 42.5 Å². The van der Waals surface area contributed by atoms with E-state index >= 15 is 0 Å². The summed E-state index contributed by atoms with van der Waals surface area (Å²) in [7, 11) is 3.52. The predicted octanol–water partition coefficient (Wildman–Crippen LogP) is 4.46. The molecule has 0 aliphatic carbocycles. The van der Waals surface area contributed by atoms with Gasteiger partial charge in [0.05, 0.1) is 28.9 Å². The summed E-state index contributed by atoms with van der Waals surface area (Å²) in [6, 6.07) is 12.5. The van der Waals surface area contributed by atoms with Crippen LogP contribution in [0.25, 0.3) is 0 Å². The molecule has 0 heterocycles. The lowest BCUT2D eigenvalue weighted by atomic mass is 10.1. The first kappa shape index (κ1) is 18.6. The largest absolute Gasteiger partial charge is 0.497 e. The van der Waals surface area contributed by atoms with E-state index in [4.69, 9.17) is 27.9 Å². The lowest BCUT2D eigenvalue weighted by Crippen LogP contribution is -2.39. The number of amides is 1. The van der Waals surface area contributed by atoms with Crippen molar-refractivity contribution < 1.29 is 9.53 Å². The highest BCUT2D eigenvalue weighted by Gasteiger charge is 2.20. The highest BCUT2D eigenvalue weighted by atomic mass is 35.5. The number of anilines is 1. The third-order valence-electron chi connectivity index (χ3n) is 3.82. The number of benzene rings is 2. The topological polar surface area (TPSA) is 41.6 Å². The van der Waals surface area contributed by atoms with Gasteiger partial charge in [0, 0.05) is 6.54 Å². The fourth-order valence-electron chi connectivity index (χ4n) is 2.24. The van der Waals surface area contributed by atoms with Gasteiger partial charge < -0.3 is 10.1 Å². The van der Waals surface area contributed by atoms with Crippen molar-refractivity contribution in [2.24, 2.45) is 0 Å². The number of nitrogens with zero attached hydrogens (tertiary/aromatic N) is 1. The summed E-state index contributed by atoms with van der Waals surface area (Å²) in [6.45, 7) is 2.45. The molecular formula is C18H20Cl2N2O2. The van der Waals surface area contributed by atoms with Crippen molar-refractivity contribution in [3.63, 3.8) is 0 Å². The molecule has 0 saturated carbocycles. The number of methoxy groups -OCH3 is 1. The van der Waals surface area contributed by atoms with Gasteiger partial charge >= 0.3 is 0 Å². The molecule has 0 radical (unpaired) electrons. The van der Waals surface area contributed by atoms with Crippen LogP contribution in [-0.4, -0.2) is 31.0 Å². The van der Waals surface area contributed by atoms with Crippen LogP contribution in [0.4, 0.5) is 5.69 Å². The molecule has 0 aromatic heterocycles. The number of rotatable bonds is 6. The third-order valence-corrected chi connectivity index (χ3v) is 4.45. The van der Waals surface area contributed by atoms with Gasteiger partial charge in [-0.25, -0.2) is 0 Å². The average Bonchev–Trinajstić information content (AvgIpc) is 2.57. The number of ether oxygens (including phenoxy) is 1. The second-order valence-electron chi connectivity index (χ2n) is 5.53. The van der Waals surface area contributed by atoms with Gasteiger partial charge in [-0.1, -0.05) is 41.4 Å². The zero-order valence-corrected chi connectivity index (χ0v) is 15.4. The Kier molecular flexibility index (Phi) is 6.49. The number of carbonyl (C=O) groups excluding carboxylic acids is 1. The highest BCUT2D eigenvalue weighted by Crippen LogP contribution is 2.30. The Balaban J connectivity index is 2.04. The minimum Gasteiger partial charge on any atom is -0.497 e. The molecule has 0 bridgehead atoms. The van der Waals surface area contributed by atoms with E-state index in [0.717, 1.165) is 11.3 Å². The summed E-state index contributed by atoms with van der Waals surface area (Å²) in [4.78, 5) is 14.4. The van der Waals surface area contributed by atoms with Gasteiger partial charge in [0.1, 0.15) is 5.75 Å². The Bertz CT molecular complexity index is 702. The van der Waals surface area contributed by atoms with Crippen LogP contribution in [0.1, 0.15) is 12.5 Å². The van der Waals surface area contributed by atoms with Crippen LogP contribution in [0.2, 0.25) is 10.0 Å². The Morgan fingerprint density at radius 2 is 1.83 bits per heavy atom. The number of halogens is 2. The van der Waals surface area contributed by atoms with Crippen molar-refractivity contribution in [3.05, 3.63) is 58.1 Å². The average molecular weight is 367 g/mol. The van der Waals surface area contributed by atoms with Crippen molar-refractivity contribution in [3.8, 4) is 5.75 Å². The van der Waals surface area contributed by atoms with Gasteiger partial charge in [0.15, 0.2) is 0 Å². The molecule has 2 aromatic carbocycles. The fourth-order valence-corrected chi connectivity index (χ4v) is 2.73. The van der Waals surface area contributed by atoms with Crippen molar-refractivity contribution >= 4 is 34.8 Å². The first-order chi connectivity index (χ1) is 11.4. The van der Waals surface area contributed by atoms with Crippen LogP contribution >= 0.6 is 23.2 Å². The zero-order valence-electron chi connectivity index (χ0n) is 13.8. The Morgan fingerprint density at radius 1 is 1.21 bits per heavy atom. The van der Waals surface area contributed by atoms with Crippen LogP contribution in [0, 0.1) is 0 Å². The SMILES string of the molecule is COc1cccc(CN(C)[C@H](C)C(=O)Nc2c(Cl)cccc2Cl)c1. The summed E-state index contributed by atoms with van der Waals surface area (Å²) >= 11 is 12.2. The smallest absolute Gasteiger partial charge is 0.241 e. The van der Waals surface area contributed by atoms with Gasteiger partial charge in [0.25, 0.3) is 0 Å². The van der Waals surface area contributed by atoms with E-state index in [0.29, 0.717) is 22.3 Å². The number of nitrogens with one attached hydrogen (secondary N) is 1. The Hall–Kier alpha value is -1.75. The molecule has 6 heteroatoms. The summed E-state index contributed by atoms with van der Waals surface area (Å²) < 4.78 is 5.22. The molecule has 4 nitrogen and oxygen atoms in total. The molecular weight excluding hydrogens is 347 g/mol. The van der Waals surface area contributed by atoms with Crippen LogP contribution in [0.3, 0.4) is 0 Å². The molecule has 0 unspecified atom stereocenters. The number of carbonyl (C=O) groups is 1. The maximum Gasteiger partial charge on any atom is 0.241 e. The minimum atomic E-state index is -0.358. The van der Waals surface area contributed by atoms with Gasteiger partial charge in [0.2, 0.25) is 5.91 Å². The zero-order chi connectivity index (χ0) is 17.7. The number of hydrogen-bond acceptors (Lipinski definition) is 3. The summed E-state index contributed by atoms with van der Waals surface area (Å²) in [5, 5.41) is 3.63. The molecule has 0 fully saturated rings. The van der Waals surface area contributed by atoms with Crippen molar-refractivity contribution in [1.82, 2.24) is 4.90 Å². The molecule has 2 aromatic rings. The fraction of sp³-hybridized carbons (Fsp3) is 0.278. The van der Waals surface area contributed by atoms with Gasteiger partial charge in [-0.05, 0) is 43.8 Å². The van der Waals surface area contributed by atoms with Crippen molar-refractivity contribution in [2.75, 3.05) is 19.5 Å². The molecule has 1 N–H and O–H groups in total. The molecule has 24 heavy (non-hydrogen) atoms. The second-order valence-corrected chi connectivity index (χ2v) is 6.34. The van der Waals surface area contributed by atoms with E-state index in [-0.39, 0.29) is 11.9 Å². The van der Waals surface area contributed by atoms with E-state index in [1.807, 2.05) is 43.1 Å². The van der Waals surface area contributed by atoms with E-state index in [2.05, 4.69) is 5.32 Å². The van der Waals surface area contributed by atoms with Crippen LogP contribution < -0.4 is 10.1 Å². The molecule has 1 amide bonds. The molecule has 2 rings (SSSR count). The maximum atomic E-state index is 12.5. The quantitative estimate of drug-likeness (QED) is 0.820. The van der Waals surface area contributed by atoms with E-state index in [1.165, 1.54) is 0 Å². The van der Waals surface area contributed by atoms with Gasteiger partial charge in [-0.3, -0.25) is 9.69 Å². The second kappa shape index (κ2) is 8.38. The van der Waals surface area contributed by atoms with E-state index < -0.39 is 0 Å². The first-order valence-electron chi connectivity index (χ1n) is 7.50. The Labute approximate surface area is 152 Å². The van der Waals surface area contributed by atoms with Gasteiger partial charge in [-0.15, -0.1) is 0 Å². The molecule has 128 valence electrons. The lowest BCUT2D eigenvalue weighted by Gasteiger charge is -2.24. The molecule has 1 atom stereocenters. The van der Waals surface area contributed by atoms with Gasteiger partial charge in [-0.2, -0.15) is 0 Å². The Morgan fingerprint density at radius 3 is 2.46 bits per heavy atom. The highest BCUT2D eigenvalue weighted by molar-refractivity contribution is 6.39. The summed E-state index contributed by atoms with van der Waals surface area (Å²) in [5.74, 6) is 0.622. The monoisotopic (exact) mass is 366 g/mol. The molecule has 0 spiro atoms. The number of likely N-dealkylation sites (N-methyl/N-ethyl adjacent to an activating group) is 1. The minimum absolute atomic E-state index is 0.171. The number of para-hydroxylation sites is 1. The van der Waals surface area contributed by atoms with Crippen LogP contribution in [0.5, 0.6) is 5.75 Å². The van der Waals surface area contributed by atoms with E-state index in [1.54, 1.807) is 25.3 Å². The predicted molar refractivity (Wildman–Crippen MR) is 99.0 cm³/mol. The maximum absolute atomic E-state index is 12.5. The standard InChI is InChI=1S/C18H20Cl2N2O2/c1-12(18(23)21-17-15(19)8-5-9-16(17)20)22(2)11-13-6-4-7-14(10-13)24-3/h4-10,12H,11H2,1-3H3,(H,21,23)/t12-/m1/s1. The normalized spacial score (nSPS) is 12.1. The number of hydrogen-bond donors (Lipinski definition) is 1. The summed E-state index contributed by atoms with van der Waals surface area (Å²) in [5.41, 5.74) is 1.50. The molecule has 0 saturated heterocycles. The van der Waals surface area contributed by atoms with E-state index in [9.17, 15) is 4.79 Å². The van der Waals surface area contributed by atoms with Crippen molar-refractivity contribution in [2.45, 2.75) is 19.5 Å². The molecule has 0 aliphatic rings. The molecule has 0 aliphatic heterocycles. The first-order valence-corrected chi connectivity index (χ1v) is 8.26. The van der Waals surface area contributed by atoms with Crippen molar-refractivity contribution in [1.29, 1.82) is 0 Å². The lowest BCUT2D eigenvalue weighted by molar-refractivity contribution is -0.120.